The summed E-state index contributed by atoms with van der Waals surface area (Å²) in [7, 11) is 0. The van der Waals surface area contributed by atoms with Gasteiger partial charge >= 0.3 is 0 Å². The van der Waals surface area contributed by atoms with Gasteiger partial charge in [-0.15, -0.1) is 10.2 Å². The molecule has 0 saturated carbocycles. The molecule has 0 saturated heterocycles. The number of nitrogens with one attached hydrogen (secondary N) is 2. The molecule has 0 bridgehead atoms. The molecule has 84 valence electrons. The summed E-state index contributed by atoms with van der Waals surface area (Å²) in [4.78, 5) is 14.4. The van der Waals surface area contributed by atoms with Crippen LogP contribution in [0.3, 0.4) is 0 Å². The molecular weight excluding hydrogens is 222 g/mol. The number of H-pyrrole nitrogens is 2. The summed E-state index contributed by atoms with van der Waals surface area (Å²) in [6.07, 6.45) is 0. The number of tetrazole rings is 1. The first-order valence-corrected chi connectivity index (χ1v) is 4.84. The van der Waals surface area contributed by atoms with Crippen LogP contribution in [0.25, 0.3) is 22.3 Å². The molecule has 0 atom stereocenters. The van der Waals surface area contributed by atoms with E-state index in [9.17, 15) is 9.90 Å². The van der Waals surface area contributed by atoms with Crippen molar-refractivity contribution in [3.05, 3.63) is 34.6 Å². The molecule has 0 unspecified atom stereocenters. The van der Waals surface area contributed by atoms with Crippen LogP contribution in [0, 0.1) is 0 Å². The molecule has 0 fully saturated rings. The molecule has 3 N–H and O–H groups in total. The third-order valence-corrected chi connectivity index (χ3v) is 2.42. The fourth-order valence-electron chi connectivity index (χ4n) is 1.63. The Hall–Kier alpha value is -2.70. The molecule has 0 aliphatic heterocycles. The van der Waals surface area contributed by atoms with Gasteiger partial charge in [0.2, 0.25) is 5.82 Å². The summed E-state index contributed by atoms with van der Waals surface area (Å²) in [5.74, 6) is 0.335. The minimum absolute atomic E-state index is 0.0976. The highest BCUT2D eigenvalue weighted by atomic mass is 16.3. The number of fused-ring (bicyclic) bond motifs is 1. The maximum absolute atomic E-state index is 11.8. The van der Waals surface area contributed by atoms with Crippen LogP contribution in [-0.4, -0.2) is 30.7 Å². The predicted octanol–water partition coefficient (Wildman–Crippen LogP) is 0.414. The van der Waals surface area contributed by atoms with Gasteiger partial charge in [0.1, 0.15) is 5.75 Å². The monoisotopic (exact) mass is 229 g/mol. The maximum Gasteiger partial charge on any atom is 0.259 e. The van der Waals surface area contributed by atoms with E-state index >= 15 is 0 Å². The SMILES string of the molecule is O=c1[nH]c2cc(O)ccc2cc1-c1nn[nH]n1. The standard InChI is InChI=1S/C10H7N5O2/c16-6-2-1-5-3-7(9-12-14-15-13-9)10(17)11-8(5)4-6/h1-4,16H,(H,11,17)(H,12,13,14,15). The molecule has 3 aromatic rings. The zero-order valence-electron chi connectivity index (χ0n) is 8.51. The van der Waals surface area contributed by atoms with Crippen LogP contribution in [0.1, 0.15) is 0 Å². The van der Waals surface area contributed by atoms with Gasteiger partial charge in [0, 0.05) is 6.07 Å². The van der Waals surface area contributed by atoms with Crippen molar-refractivity contribution in [2.75, 3.05) is 0 Å². The third-order valence-electron chi connectivity index (χ3n) is 2.42. The van der Waals surface area contributed by atoms with Crippen molar-refractivity contribution in [1.82, 2.24) is 25.6 Å². The molecule has 0 aliphatic carbocycles. The highest BCUT2D eigenvalue weighted by Crippen LogP contribution is 2.19. The van der Waals surface area contributed by atoms with Crippen molar-refractivity contribution in [2.24, 2.45) is 0 Å². The number of phenols is 1. The maximum atomic E-state index is 11.8. The largest absolute Gasteiger partial charge is 0.508 e. The Morgan fingerprint density at radius 3 is 2.88 bits per heavy atom. The van der Waals surface area contributed by atoms with E-state index in [1.54, 1.807) is 18.2 Å². The molecule has 7 nitrogen and oxygen atoms in total. The van der Waals surface area contributed by atoms with Gasteiger partial charge in [0.05, 0.1) is 11.1 Å². The smallest absolute Gasteiger partial charge is 0.259 e. The first-order valence-electron chi connectivity index (χ1n) is 4.84. The van der Waals surface area contributed by atoms with Crippen LogP contribution < -0.4 is 5.56 Å². The summed E-state index contributed by atoms with van der Waals surface area (Å²) in [5.41, 5.74) is 0.559. The fraction of sp³-hybridized carbons (Fsp3) is 0. The number of rotatable bonds is 1. The number of phenolic OH excluding ortho intramolecular Hbond substituents is 1. The zero-order valence-corrected chi connectivity index (χ0v) is 8.51. The van der Waals surface area contributed by atoms with E-state index in [1.807, 2.05) is 0 Å². The zero-order chi connectivity index (χ0) is 11.8. The van der Waals surface area contributed by atoms with Crippen LogP contribution in [0.5, 0.6) is 5.75 Å². The van der Waals surface area contributed by atoms with E-state index in [0.717, 1.165) is 5.39 Å². The summed E-state index contributed by atoms with van der Waals surface area (Å²) in [6, 6.07) is 6.38. The lowest BCUT2D eigenvalue weighted by Gasteiger charge is -2.00. The fourth-order valence-corrected chi connectivity index (χ4v) is 1.63. The van der Waals surface area contributed by atoms with Crippen molar-refractivity contribution < 1.29 is 5.11 Å². The van der Waals surface area contributed by atoms with Crippen molar-refractivity contribution >= 4 is 10.9 Å². The van der Waals surface area contributed by atoms with Crippen LogP contribution in [0.2, 0.25) is 0 Å². The molecule has 2 aromatic heterocycles. The summed E-state index contributed by atoms with van der Waals surface area (Å²) in [5, 5.41) is 23.3. The van der Waals surface area contributed by atoms with E-state index in [0.29, 0.717) is 11.1 Å². The second-order valence-corrected chi connectivity index (χ2v) is 3.52. The summed E-state index contributed by atoms with van der Waals surface area (Å²) in [6.45, 7) is 0. The molecular formula is C10H7N5O2. The molecule has 2 heterocycles. The Morgan fingerprint density at radius 2 is 2.12 bits per heavy atom. The second-order valence-electron chi connectivity index (χ2n) is 3.52. The topological polar surface area (TPSA) is 108 Å². The first kappa shape index (κ1) is 9.52. The van der Waals surface area contributed by atoms with Gasteiger partial charge in [-0.05, 0) is 28.8 Å². The number of pyridine rings is 1. The van der Waals surface area contributed by atoms with Crippen LogP contribution >= 0.6 is 0 Å². The lowest BCUT2D eigenvalue weighted by Crippen LogP contribution is -2.09. The van der Waals surface area contributed by atoms with Gasteiger partial charge < -0.3 is 10.1 Å². The quantitative estimate of drug-likeness (QED) is 0.560. The molecule has 0 amide bonds. The van der Waals surface area contributed by atoms with Gasteiger partial charge in [0.15, 0.2) is 0 Å². The van der Waals surface area contributed by atoms with Crippen molar-refractivity contribution in [2.45, 2.75) is 0 Å². The van der Waals surface area contributed by atoms with E-state index in [2.05, 4.69) is 25.6 Å². The van der Waals surface area contributed by atoms with Gasteiger partial charge in [0.25, 0.3) is 5.56 Å². The van der Waals surface area contributed by atoms with Crippen molar-refractivity contribution in [3.63, 3.8) is 0 Å². The van der Waals surface area contributed by atoms with E-state index in [4.69, 9.17) is 0 Å². The van der Waals surface area contributed by atoms with Gasteiger partial charge in [-0.2, -0.15) is 5.21 Å². The molecule has 1 aromatic carbocycles. The number of hydrogen-bond acceptors (Lipinski definition) is 5. The number of nitrogens with zero attached hydrogens (tertiary/aromatic N) is 3. The molecule has 3 rings (SSSR count). The highest BCUT2D eigenvalue weighted by molar-refractivity contribution is 5.83. The van der Waals surface area contributed by atoms with Crippen LogP contribution in [0.4, 0.5) is 0 Å². The van der Waals surface area contributed by atoms with E-state index in [1.165, 1.54) is 6.07 Å². The Balaban J connectivity index is 2.32. The molecule has 17 heavy (non-hydrogen) atoms. The lowest BCUT2D eigenvalue weighted by molar-refractivity contribution is 0.476. The average molecular weight is 229 g/mol. The van der Waals surface area contributed by atoms with Gasteiger partial charge in [-0.25, -0.2) is 0 Å². The Kier molecular flexibility index (Phi) is 1.91. The minimum Gasteiger partial charge on any atom is -0.508 e. The van der Waals surface area contributed by atoms with Crippen molar-refractivity contribution in [1.29, 1.82) is 0 Å². The molecule has 0 spiro atoms. The number of aromatic amines is 2. The van der Waals surface area contributed by atoms with E-state index in [-0.39, 0.29) is 17.1 Å². The highest BCUT2D eigenvalue weighted by Gasteiger charge is 2.09. The lowest BCUT2D eigenvalue weighted by atomic mass is 10.1. The number of benzene rings is 1. The first-order chi connectivity index (χ1) is 8.24. The number of hydrogen-bond donors (Lipinski definition) is 3. The molecule has 0 aliphatic rings. The Labute approximate surface area is 94.1 Å². The van der Waals surface area contributed by atoms with Crippen molar-refractivity contribution in [3.8, 4) is 17.1 Å². The van der Waals surface area contributed by atoms with E-state index < -0.39 is 0 Å². The average Bonchev–Trinajstić information content (AvgIpc) is 2.81. The minimum atomic E-state index is -0.329. The summed E-state index contributed by atoms with van der Waals surface area (Å²) >= 11 is 0. The van der Waals surface area contributed by atoms with Gasteiger partial charge in [-0.3, -0.25) is 4.79 Å². The Morgan fingerprint density at radius 1 is 1.24 bits per heavy atom. The van der Waals surface area contributed by atoms with Crippen LogP contribution in [-0.2, 0) is 0 Å². The predicted molar refractivity (Wildman–Crippen MR) is 59.4 cm³/mol. The number of aromatic hydroxyl groups is 1. The number of aromatic nitrogens is 5. The van der Waals surface area contributed by atoms with Gasteiger partial charge in [-0.1, -0.05) is 0 Å². The summed E-state index contributed by atoms with van der Waals surface area (Å²) < 4.78 is 0. The molecule has 7 heteroatoms. The van der Waals surface area contributed by atoms with Crippen LogP contribution in [0.15, 0.2) is 29.1 Å². The second kappa shape index (κ2) is 3.41. The third kappa shape index (κ3) is 1.53. The normalized spacial score (nSPS) is 10.8. The Bertz CT molecular complexity index is 732. The molecule has 0 radical (unpaired) electrons.